The molecular weight excluding hydrogens is 373 g/mol. The van der Waals surface area contributed by atoms with Crippen LogP contribution >= 0.6 is 34.8 Å². The van der Waals surface area contributed by atoms with Gasteiger partial charge >= 0.3 is 5.97 Å². The predicted octanol–water partition coefficient (Wildman–Crippen LogP) is 4.68. The Kier molecular flexibility index (Phi) is 6.49. The monoisotopic (exact) mass is 385 g/mol. The highest BCUT2D eigenvalue weighted by Crippen LogP contribution is 2.22. The second-order valence-corrected chi connectivity index (χ2v) is 6.36. The molecule has 126 valence electrons. The maximum Gasteiger partial charge on any atom is 0.310 e. The number of hydrogen-bond acceptors (Lipinski definition) is 3. The molecule has 0 spiro atoms. The molecule has 2 rings (SSSR count). The largest absolute Gasteiger partial charge is 0.455 e. The van der Waals surface area contributed by atoms with Gasteiger partial charge in [-0.2, -0.15) is 0 Å². The van der Waals surface area contributed by atoms with Crippen LogP contribution < -0.4 is 5.32 Å². The minimum absolute atomic E-state index is 0.0422. The smallest absolute Gasteiger partial charge is 0.310 e. The maximum atomic E-state index is 11.9. The molecule has 0 bridgehead atoms. The van der Waals surface area contributed by atoms with Crippen molar-refractivity contribution in [3.05, 3.63) is 62.6 Å². The first-order valence-electron chi connectivity index (χ1n) is 7.00. The lowest BCUT2D eigenvalue weighted by atomic mass is 10.1. The van der Waals surface area contributed by atoms with Gasteiger partial charge in [0.2, 0.25) is 0 Å². The fourth-order valence-corrected chi connectivity index (χ4v) is 2.58. The van der Waals surface area contributed by atoms with Crippen LogP contribution in [0.15, 0.2) is 36.4 Å². The van der Waals surface area contributed by atoms with E-state index in [4.69, 9.17) is 39.5 Å². The fraction of sp³-hybridized carbons (Fsp3) is 0.176. The lowest BCUT2D eigenvalue weighted by Crippen LogP contribution is -2.22. The van der Waals surface area contributed by atoms with Crippen LogP contribution in [-0.2, 0) is 20.7 Å². The van der Waals surface area contributed by atoms with Crippen LogP contribution in [-0.4, -0.2) is 18.5 Å². The van der Waals surface area contributed by atoms with Crippen LogP contribution in [0.4, 0.5) is 5.69 Å². The van der Waals surface area contributed by atoms with Crippen LogP contribution in [0.2, 0.25) is 15.1 Å². The molecule has 1 N–H and O–H groups in total. The second-order valence-electron chi connectivity index (χ2n) is 5.08. The number of amides is 1. The van der Waals surface area contributed by atoms with E-state index in [0.717, 1.165) is 5.56 Å². The Morgan fingerprint density at radius 2 is 1.71 bits per heavy atom. The Hall–Kier alpha value is -1.75. The first kappa shape index (κ1) is 18.6. The van der Waals surface area contributed by atoms with Crippen molar-refractivity contribution in [2.75, 3.05) is 11.9 Å². The van der Waals surface area contributed by atoms with Gasteiger partial charge < -0.3 is 10.1 Å². The SMILES string of the molecule is Cc1ccc(Cl)cc1NC(=O)COC(=O)Cc1ccc(Cl)cc1Cl. The molecule has 0 unspecified atom stereocenters. The molecule has 0 saturated carbocycles. The average Bonchev–Trinajstić information content (AvgIpc) is 2.52. The number of aryl methyl sites for hydroxylation is 1. The summed E-state index contributed by atoms with van der Waals surface area (Å²) >= 11 is 17.7. The van der Waals surface area contributed by atoms with Gasteiger partial charge in [0.25, 0.3) is 5.91 Å². The van der Waals surface area contributed by atoms with E-state index < -0.39 is 18.5 Å². The molecule has 0 heterocycles. The van der Waals surface area contributed by atoms with E-state index in [2.05, 4.69) is 5.32 Å². The Morgan fingerprint density at radius 1 is 1.04 bits per heavy atom. The highest BCUT2D eigenvalue weighted by Gasteiger charge is 2.12. The number of hydrogen-bond donors (Lipinski definition) is 1. The fourth-order valence-electron chi connectivity index (χ4n) is 1.93. The third kappa shape index (κ3) is 5.41. The molecule has 2 aromatic carbocycles. The van der Waals surface area contributed by atoms with Gasteiger partial charge in [-0.05, 0) is 42.3 Å². The summed E-state index contributed by atoms with van der Waals surface area (Å²) in [6, 6.07) is 9.95. The molecule has 24 heavy (non-hydrogen) atoms. The van der Waals surface area contributed by atoms with E-state index in [9.17, 15) is 9.59 Å². The number of rotatable bonds is 5. The summed E-state index contributed by atoms with van der Waals surface area (Å²) < 4.78 is 4.96. The number of halogens is 3. The summed E-state index contributed by atoms with van der Waals surface area (Å²) in [6.45, 7) is 1.44. The van der Waals surface area contributed by atoms with Crippen LogP contribution in [0.5, 0.6) is 0 Å². The van der Waals surface area contributed by atoms with Crippen LogP contribution in [0.3, 0.4) is 0 Å². The molecule has 0 fully saturated rings. The zero-order chi connectivity index (χ0) is 17.7. The summed E-state index contributed by atoms with van der Waals surface area (Å²) in [7, 11) is 0. The third-order valence-corrected chi connectivity index (χ3v) is 4.01. The van der Waals surface area contributed by atoms with Gasteiger partial charge in [0.1, 0.15) is 0 Å². The van der Waals surface area contributed by atoms with Gasteiger partial charge in [-0.3, -0.25) is 9.59 Å². The van der Waals surface area contributed by atoms with E-state index in [1.165, 1.54) is 0 Å². The first-order chi connectivity index (χ1) is 11.3. The Morgan fingerprint density at radius 3 is 2.42 bits per heavy atom. The first-order valence-corrected chi connectivity index (χ1v) is 8.14. The molecular formula is C17H14Cl3NO3. The third-order valence-electron chi connectivity index (χ3n) is 3.19. The molecule has 7 heteroatoms. The Bertz CT molecular complexity index is 778. The molecule has 2 aromatic rings. The molecule has 0 aliphatic rings. The van der Waals surface area contributed by atoms with Gasteiger partial charge in [0.15, 0.2) is 6.61 Å². The molecule has 0 aliphatic carbocycles. The summed E-state index contributed by atoms with van der Waals surface area (Å²) in [4.78, 5) is 23.7. The molecule has 4 nitrogen and oxygen atoms in total. The van der Waals surface area contributed by atoms with Crippen molar-refractivity contribution in [3.63, 3.8) is 0 Å². The number of ether oxygens (including phenoxy) is 1. The minimum Gasteiger partial charge on any atom is -0.455 e. The number of carbonyl (C=O) groups is 2. The number of anilines is 1. The molecule has 0 atom stereocenters. The summed E-state index contributed by atoms with van der Waals surface area (Å²) in [5.41, 5.74) is 2.01. The predicted molar refractivity (Wildman–Crippen MR) is 95.9 cm³/mol. The summed E-state index contributed by atoms with van der Waals surface area (Å²) in [6.07, 6.45) is -0.0422. The van der Waals surface area contributed by atoms with E-state index in [0.29, 0.717) is 26.3 Å². The number of carbonyl (C=O) groups excluding carboxylic acids is 2. The standard InChI is InChI=1S/C17H14Cl3NO3/c1-10-2-4-13(19)8-15(10)21-16(22)9-24-17(23)6-11-3-5-12(18)7-14(11)20/h2-5,7-8H,6,9H2,1H3,(H,21,22). The van der Waals surface area contributed by atoms with Crippen molar-refractivity contribution in [1.82, 2.24) is 0 Å². The highest BCUT2D eigenvalue weighted by molar-refractivity contribution is 6.35. The highest BCUT2D eigenvalue weighted by atomic mass is 35.5. The minimum atomic E-state index is -0.558. The average molecular weight is 387 g/mol. The van der Waals surface area contributed by atoms with Crippen LogP contribution in [0, 0.1) is 6.92 Å². The van der Waals surface area contributed by atoms with Gasteiger partial charge in [0, 0.05) is 20.8 Å². The number of benzene rings is 2. The molecule has 0 aliphatic heterocycles. The lowest BCUT2D eigenvalue weighted by Gasteiger charge is -2.10. The van der Waals surface area contributed by atoms with Gasteiger partial charge in [-0.25, -0.2) is 0 Å². The van der Waals surface area contributed by atoms with Crippen molar-refractivity contribution >= 4 is 52.4 Å². The topological polar surface area (TPSA) is 55.4 Å². The molecule has 0 saturated heterocycles. The molecule has 0 aromatic heterocycles. The van der Waals surface area contributed by atoms with Crippen molar-refractivity contribution in [2.24, 2.45) is 0 Å². The number of esters is 1. The normalized spacial score (nSPS) is 10.3. The van der Waals surface area contributed by atoms with E-state index in [-0.39, 0.29) is 6.42 Å². The second kappa shape index (κ2) is 8.38. The van der Waals surface area contributed by atoms with Gasteiger partial charge in [-0.15, -0.1) is 0 Å². The van der Waals surface area contributed by atoms with Crippen molar-refractivity contribution < 1.29 is 14.3 Å². The van der Waals surface area contributed by atoms with E-state index >= 15 is 0 Å². The zero-order valence-electron chi connectivity index (χ0n) is 12.7. The maximum absolute atomic E-state index is 11.9. The van der Waals surface area contributed by atoms with E-state index in [1.54, 1.807) is 36.4 Å². The van der Waals surface area contributed by atoms with Gasteiger partial charge in [-0.1, -0.05) is 46.9 Å². The Labute approximate surface area is 154 Å². The lowest BCUT2D eigenvalue weighted by molar-refractivity contribution is -0.146. The summed E-state index contributed by atoms with van der Waals surface area (Å²) in [5.74, 6) is -1.01. The molecule has 1 amide bonds. The van der Waals surface area contributed by atoms with Crippen molar-refractivity contribution in [1.29, 1.82) is 0 Å². The quantitative estimate of drug-likeness (QED) is 0.759. The van der Waals surface area contributed by atoms with Crippen molar-refractivity contribution in [3.8, 4) is 0 Å². The summed E-state index contributed by atoms with van der Waals surface area (Å²) in [5, 5.41) is 4.00. The Balaban J connectivity index is 1.87. The van der Waals surface area contributed by atoms with Crippen molar-refractivity contribution in [2.45, 2.75) is 13.3 Å². The van der Waals surface area contributed by atoms with Crippen LogP contribution in [0.1, 0.15) is 11.1 Å². The van der Waals surface area contributed by atoms with Gasteiger partial charge in [0.05, 0.1) is 6.42 Å². The van der Waals surface area contributed by atoms with Crippen LogP contribution in [0.25, 0.3) is 0 Å². The zero-order valence-corrected chi connectivity index (χ0v) is 15.0. The van der Waals surface area contributed by atoms with E-state index in [1.807, 2.05) is 6.92 Å². The molecule has 0 radical (unpaired) electrons. The number of nitrogens with one attached hydrogen (secondary N) is 1.